The van der Waals surface area contributed by atoms with E-state index < -0.39 is 114 Å². The summed E-state index contributed by atoms with van der Waals surface area (Å²) in [6, 6.07) is 1.16. The van der Waals surface area contributed by atoms with Gasteiger partial charge >= 0.3 is 26.0 Å². The number of ether oxygens (including phenoxy) is 8. The maximum atomic E-state index is 14.0. The summed E-state index contributed by atoms with van der Waals surface area (Å²) in [7, 11) is -1.14. The molecule has 5 aromatic rings. The molecule has 10 rings (SSSR count). The zero-order valence-corrected chi connectivity index (χ0v) is 63.8. The Hall–Kier alpha value is -7.75. The first-order valence-electron chi connectivity index (χ1n) is 33.4. The summed E-state index contributed by atoms with van der Waals surface area (Å²) in [5.41, 5.74) is -1.69. The van der Waals surface area contributed by atoms with E-state index in [1.165, 1.54) is 6.20 Å². The Morgan fingerprint density at radius 1 is 0.533 bits per heavy atom. The van der Waals surface area contributed by atoms with Gasteiger partial charge in [-0.1, -0.05) is 0 Å². The number of halogens is 8. The number of aromatic nitrogens is 11. The van der Waals surface area contributed by atoms with Crippen molar-refractivity contribution in [1.29, 1.82) is 0 Å². The highest BCUT2D eigenvalue weighted by Gasteiger charge is 2.54. The standard InChI is InChI=1S/C21H32B2F2N2O6.C17H21F2N7O2.C15H20BrF2N3O4.C11H16ClN5O2/c1-18(2,3)30-16(28)22(17(29)31-19(4,5)6)15-26-11-12(13(27-15)14(24)25)23-32-20(7,8)21(9,10)33-23;18-14(19)11-9-13(20)21-10-12(11)15-22-16(25-1-5-27-6-2-25)24-17(23-15)26-3-7-28-8-4-26;1-14(2,3)24-12(22)21(13(23)25-15(4,5)6)11-19-7-8(16)9(20-11)10(17)18;12-9-13-10(16-1-5-18-6-2-16)15-11(14-9)17-3-7-19-8-4-17/h11,14H,1-10H3;9-10,14H,1-8H2,(H2,20,21);7,10H,1-6H3;1-8H2. The Labute approximate surface area is 618 Å². The van der Waals surface area contributed by atoms with E-state index in [1.54, 1.807) is 111 Å². The predicted octanol–water partition coefficient (Wildman–Crippen LogP) is 9.63. The van der Waals surface area contributed by atoms with Crippen LogP contribution in [0.2, 0.25) is 5.28 Å². The van der Waals surface area contributed by atoms with E-state index in [2.05, 4.69) is 80.6 Å². The van der Waals surface area contributed by atoms with Gasteiger partial charge < -0.3 is 72.5 Å². The SMILES string of the molecule is CC(C)(C)OC(=O)B(C(=O)OC(C)(C)C)c1ncc(B2OC(C)(C)C(C)(C)O2)c(C(F)F)n1.CC(C)(C)OC(=O)N(C(=O)OC(C)(C)C)c1ncc(Br)c(C(F)F)n1.Clc1nc(N2CCOCC2)nc(N2CCOCC2)n1.Nc1cc(C(F)F)c(-c2nc(N3CCOCC3)nc(N3CCOCC3)n2)cn1. The highest BCUT2D eigenvalue weighted by atomic mass is 79.9. The average molecular weight is 1570 g/mol. The zero-order valence-electron chi connectivity index (χ0n) is 61.5. The number of anilines is 6. The van der Waals surface area contributed by atoms with Crippen molar-refractivity contribution < 1.29 is 92.7 Å². The molecule has 105 heavy (non-hydrogen) atoms. The van der Waals surface area contributed by atoms with Crippen molar-refractivity contribution in [1.82, 2.24) is 54.8 Å². The van der Waals surface area contributed by atoms with Crippen molar-refractivity contribution in [3.8, 4) is 11.4 Å². The number of morpholine rings is 4. The van der Waals surface area contributed by atoms with E-state index in [0.29, 0.717) is 108 Å². The van der Waals surface area contributed by atoms with Crippen molar-refractivity contribution in [3.05, 3.63) is 51.4 Å². The molecule has 576 valence electrons. The minimum absolute atomic E-state index is 0.0231. The minimum Gasteiger partial charge on any atom is -0.467 e. The fourth-order valence-electron chi connectivity index (χ4n) is 9.68. The summed E-state index contributed by atoms with van der Waals surface area (Å²) in [5, 5.41) is 0.234. The Morgan fingerprint density at radius 2 is 0.914 bits per heavy atom. The summed E-state index contributed by atoms with van der Waals surface area (Å²) in [6.07, 6.45) is -7.57. The molecule has 31 nitrogen and oxygen atoms in total. The molecule has 5 saturated heterocycles. The van der Waals surface area contributed by atoms with Gasteiger partial charge in [0, 0.05) is 87.5 Å². The molecule has 5 aliphatic rings. The van der Waals surface area contributed by atoms with Crippen LogP contribution in [-0.4, -0.2) is 231 Å². The number of pyridine rings is 1. The first kappa shape index (κ1) is 84.5. The molecule has 0 spiro atoms. The first-order valence-corrected chi connectivity index (χ1v) is 34.6. The van der Waals surface area contributed by atoms with E-state index in [1.807, 2.05) is 9.80 Å². The van der Waals surface area contributed by atoms with Gasteiger partial charge in [0.15, 0.2) is 5.82 Å². The van der Waals surface area contributed by atoms with E-state index >= 15 is 0 Å². The maximum Gasteiger partial charge on any atom is 0.498 e. The molecule has 0 atom stereocenters. The van der Waals surface area contributed by atoms with Crippen LogP contribution in [0.3, 0.4) is 0 Å². The summed E-state index contributed by atoms with van der Waals surface area (Å²) in [5.74, 6) is -0.258. The monoisotopic (exact) mass is 1570 g/mol. The smallest absolute Gasteiger partial charge is 0.467 e. The van der Waals surface area contributed by atoms with Crippen LogP contribution in [0.5, 0.6) is 0 Å². The molecule has 5 fully saturated rings. The molecule has 5 aromatic heterocycles. The molecule has 0 bridgehead atoms. The van der Waals surface area contributed by atoms with Crippen LogP contribution in [0, 0.1) is 0 Å². The largest absolute Gasteiger partial charge is 0.498 e. The number of carbonyl (C=O) groups is 4. The number of amides is 2. The molecule has 0 aliphatic carbocycles. The van der Waals surface area contributed by atoms with Crippen LogP contribution in [-0.2, 0) is 47.2 Å². The van der Waals surface area contributed by atoms with Crippen LogP contribution < -0.4 is 41.4 Å². The average Bonchev–Trinajstić information content (AvgIpc) is 1.58. The lowest BCUT2D eigenvalue weighted by atomic mass is 9.48. The van der Waals surface area contributed by atoms with Gasteiger partial charge in [0.2, 0.25) is 35.0 Å². The fourth-order valence-corrected chi connectivity index (χ4v) is 10.2. The third kappa shape index (κ3) is 24.6. The van der Waals surface area contributed by atoms with Crippen LogP contribution in [0.15, 0.2) is 29.1 Å². The van der Waals surface area contributed by atoms with Gasteiger partial charge in [0.1, 0.15) is 45.3 Å². The van der Waals surface area contributed by atoms with Crippen molar-refractivity contribution in [3.63, 3.8) is 0 Å². The highest BCUT2D eigenvalue weighted by molar-refractivity contribution is 9.10. The van der Waals surface area contributed by atoms with Gasteiger partial charge in [-0.3, -0.25) is 14.6 Å². The van der Waals surface area contributed by atoms with Crippen molar-refractivity contribution in [2.24, 2.45) is 0 Å². The summed E-state index contributed by atoms with van der Waals surface area (Å²) in [6.45, 7) is 35.2. The summed E-state index contributed by atoms with van der Waals surface area (Å²) >= 11 is 8.91. The molecule has 0 aromatic carbocycles. The Balaban J connectivity index is 0.000000199. The van der Waals surface area contributed by atoms with Crippen molar-refractivity contribution in [2.75, 3.05) is 135 Å². The summed E-state index contributed by atoms with van der Waals surface area (Å²) < 4.78 is 135. The molecule has 10 heterocycles. The van der Waals surface area contributed by atoms with E-state index in [0.717, 1.165) is 44.6 Å². The van der Waals surface area contributed by atoms with Gasteiger partial charge in [0.25, 0.3) is 31.0 Å². The number of hydrogen-bond donors (Lipinski definition) is 1. The van der Waals surface area contributed by atoms with Gasteiger partial charge in [-0.05, 0) is 144 Å². The Kier molecular flexibility index (Phi) is 28.8. The molecular weight excluding hydrogens is 1480 g/mol. The van der Waals surface area contributed by atoms with Crippen LogP contribution in [0.4, 0.5) is 81.1 Å². The quantitative estimate of drug-likeness (QED) is 0.0651. The molecule has 0 saturated carbocycles. The summed E-state index contributed by atoms with van der Waals surface area (Å²) in [4.78, 5) is 105. The minimum atomic E-state index is -3.04. The molecule has 0 radical (unpaired) electrons. The zero-order chi connectivity index (χ0) is 77.7. The maximum absolute atomic E-state index is 14.0. The molecule has 2 amide bonds. The van der Waals surface area contributed by atoms with E-state index in [9.17, 15) is 45.5 Å². The highest BCUT2D eigenvalue weighted by Crippen LogP contribution is 2.38. The van der Waals surface area contributed by atoms with Crippen LogP contribution in [0.1, 0.15) is 147 Å². The fraction of sp³-hybridized carbons (Fsp3) is 0.641. The number of imide groups is 1. The second-order valence-corrected chi connectivity index (χ2v) is 30.0. The Bertz CT molecular complexity index is 3650. The van der Waals surface area contributed by atoms with Crippen molar-refractivity contribution >= 4 is 112 Å². The number of alkyl halides is 6. The third-order valence-electron chi connectivity index (χ3n) is 15.2. The lowest BCUT2D eigenvalue weighted by Gasteiger charge is -2.32. The van der Waals surface area contributed by atoms with Crippen LogP contribution in [0.25, 0.3) is 11.4 Å². The van der Waals surface area contributed by atoms with Gasteiger partial charge in [-0.15, -0.1) is 4.90 Å². The van der Waals surface area contributed by atoms with Gasteiger partial charge in [-0.2, -0.15) is 29.9 Å². The number of nitrogens with zero attached hydrogens (tertiary/aromatic N) is 16. The van der Waals surface area contributed by atoms with Crippen LogP contribution >= 0.6 is 27.5 Å². The molecular formula is C64H89B2BrClF6N17O14. The predicted molar refractivity (Wildman–Crippen MR) is 380 cm³/mol. The van der Waals surface area contributed by atoms with E-state index in [4.69, 9.17) is 64.5 Å². The second kappa shape index (κ2) is 35.8. The second-order valence-electron chi connectivity index (χ2n) is 28.8. The van der Waals surface area contributed by atoms with Gasteiger partial charge in [-0.25, -0.2) is 55.9 Å². The number of nitrogens with two attached hydrogens (primary N) is 1. The van der Waals surface area contributed by atoms with E-state index in [-0.39, 0.29) is 38.0 Å². The first-order chi connectivity index (χ1) is 48.9. The van der Waals surface area contributed by atoms with Crippen molar-refractivity contribution in [2.45, 2.75) is 164 Å². The number of carbonyl (C=O) groups excluding carboxylic acids is 4. The molecule has 2 N–H and O–H groups in total. The number of rotatable bonds is 13. The number of hydrogen-bond acceptors (Lipinski definition) is 30. The normalized spacial score (nSPS) is 17.0. The number of nitrogen functional groups attached to an aromatic ring is 1. The lowest BCUT2D eigenvalue weighted by molar-refractivity contribution is 0.00578. The topological polar surface area (TPSA) is 345 Å². The lowest BCUT2D eigenvalue weighted by Crippen LogP contribution is -2.54. The molecule has 0 unspecified atom stereocenters. The van der Waals surface area contributed by atoms with Gasteiger partial charge in [0.05, 0.1) is 68.5 Å². The third-order valence-corrected chi connectivity index (χ3v) is 16.0. The molecule has 5 aliphatic heterocycles. The molecule has 41 heteroatoms. The Morgan fingerprint density at radius 3 is 1.28 bits per heavy atom.